The Morgan fingerprint density at radius 1 is 0.826 bits per heavy atom. The molecule has 4 rings (SSSR count). The maximum Gasteiger partial charge on any atom is 0.226 e. The van der Waals surface area contributed by atoms with E-state index in [0.29, 0.717) is 5.89 Å². The summed E-state index contributed by atoms with van der Waals surface area (Å²) in [6.45, 7) is 5.86. The van der Waals surface area contributed by atoms with Crippen LogP contribution in [0.1, 0.15) is 17.3 Å². The monoisotopic (exact) mass is 303 g/mol. The van der Waals surface area contributed by atoms with Crippen molar-refractivity contribution >= 4 is 11.0 Å². The van der Waals surface area contributed by atoms with E-state index in [4.69, 9.17) is 4.42 Å². The van der Waals surface area contributed by atoms with E-state index in [-0.39, 0.29) is 0 Å². The number of fused-ring (bicyclic) bond motifs is 1. The Kier molecular flexibility index (Phi) is 3.05. The van der Waals surface area contributed by atoms with Gasteiger partial charge in [0.1, 0.15) is 11.6 Å². The lowest BCUT2D eigenvalue weighted by Gasteiger charge is -2.03. The molecule has 0 radical (unpaired) electrons. The fourth-order valence-electron chi connectivity index (χ4n) is 2.72. The Hall–Kier alpha value is -2.88. The Morgan fingerprint density at radius 3 is 2.22 bits per heavy atom. The van der Waals surface area contributed by atoms with Crippen molar-refractivity contribution in [3.8, 4) is 22.6 Å². The van der Waals surface area contributed by atoms with Crippen LogP contribution in [-0.2, 0) is 0 Å². The molecule has 2 aromatic carbocycles. The first-order chi connectivity index (χ1) is 11.1. The average molecular weight is 303 g/mol. The molecule has 4 nitrogen and oxygen atoms in total. The summed E-state index contributed by atoms with van der Waals surface area (Å²) in [5.74, 6) is 2.47. The van der Waals surface area contributed by atoms with E-state index in [9.17, 15) is 0 Å². The van der Waals surface area contributed by atoms with Crippen molar-refractivity contribution in [3.05, 3.63) is 59.7 Å². The predicted molar refractivity (Wildman–Crippen MR) is 91.2 cm³/mol. The molecule has 0 bridgehead atoms. The van der Waals surface area contributed by atoms with Crippen LogP contribution in [0, 0.1) is 20.8 Å². The fraction of sp³-hybridized carbons (Fsp3) is 0.158. The van der Waals surface area contributed by atoms with E-state index in [2.05, 4.69) is 39.2 Å². The molecule has 4 heteroatoms. The number of benzene rings is 2. The molecule has 2 heterocycles. The second kappa shape index (κ2) is 5.09. The lowest BCUT2D eigenvalue weighted by molar-refractivity contribution is 0.541. The van der Waals surface area contributed by atoms with Gasteiger partial charge in [0.15, 0.2) is 0 Å². The lowest BCUT2D eigenvalue weighted by Crippen LogP contribution is -1.81. The van der Waals surface area contributed by atoms with Crippen LogP contribution in [0.4, 0.5) is 0 Å². The first-order valence-corrected chi connectivity index (χ1v) is 7.61. The smallest absolute Gasteiger partial charge is 0.226 e. The maximum atomic E-state index is 5.68. The number of aryl methyl sites for hydroxylation is 3. The second-order valence-electron chi connectivity index (χ2n) is 5.79. The number of H-pyrrole nitrogens is 1. The van der Waals surface area contributed by atoms with E-state index in [1.807, 2.05) is 39.0 Å². The van der Waals surface area contributed by atoms with E-state index in [0.717, 1.165) is 45.0 Å². The first kappa shape index (κ1) is 13.8. The topological polar surface area (TPSA) is 54.7 Å². The Balaban J connectivity index is 1.71. The molecule has 0 unspecified atom stereocenters. The highest BCUT2D eigenvalue weighted by atomic mass is 16.4. The molecule has 1 N–H and O–H groups in total. The third-order valence-corrected chi connectivity index (χ3v) is 4.09. The highest BCUT2D eigenvalue weighted by Gasteiger charge is 2.09. The van der Waals surface area contributed by atoms with Gasteiger partial charge in [0.05, 0.1) is 16.7 Å². The van der Waals surface area contributed by atoms with Crippen LogP contribution >= 0.6 is 0 Å². The molecule has 0 aliphatic carbocycles. The number of aromatic nitrogens is 3. The summed E-state index contributed by atoms with van der Waals surface area (Å²) in [7, 11) is 0. The third-order valence-electron chi connectivity index (χ3n) is 4.09. The largest absolute Gasteiger partial charge is 0.441 e. The van der Waals surface area contributed by atoms with Crippen molar-refractivity contribution < 1.29 is 4.42 Å². The number of imidazole rings is 1. The normalized spacial score (nSPS) is 11.3. The maximum absolute atomic E-state index is 5.68. The minimum Gasteiger partial charge on any atom is -0.441 e. The molecule has 0 saturated heterocycles. The van der Waals surface area contributed by atoms with Gasteiger partial charge in [-0.25, -0.2) is 9.97 Å². The molecular weight excluding hydrogens is 286 g/mol. The highest BCUT2D eigenvalue weighted by molar-refractivity contribution is 5.82. The first-order valence-electron chi connectivity index (χ1n) is 7.61. The number of oxazole rings is 1. The number of hydrogen-bond donors (Lipinski definition) is 1. The zero-order valence-electron chi connectivity index (χ0n) is 13.3. The van der Waals surface area contributed by atoms with Gasteiger partial charge in [-0.2, -0.15) is 0 Å². The Labute approximate surface area is 134 Å². The van der Waals surface area contributed by atoms with Crippen molar-refractivity contribution in [2.45, 2.75) is 20.8 Å². The molecule has 0 saturated carbocycles. The Morgan fingerprint density at radius 2 is 1.52 bits per heavy atom. The number of nitrogens with zero attached hydrogens (tertiary/aromatic N) is 2. The van der Waals surface area contributed by atoms with Crippen LogP contribution in [0.25, 0.3) is 33.6 Å². The molecule has 0 fully saturated rings. The number of hydrogen-bond acceptors (Lipinski definition) is 3. The van der Waals surface area contributed by atoms with E-state index >= 15 is 0 Å². The van der Waals surface area contributed by atoms with Crippen LogP contribution in [0.5, 0.6) is 0 Å². The van der Waals surface area contributed by atoms with Gasteiger partial charge >= 0.3 is 0 Å². The summed E-state index contributed by atoms with van der Waals surface area (Å²) in [5.41, 5.74) is 6.29. The molecule has 2 aromatic heterocycles. The summed E-state index contributed by atoms with van der Waals surface area (Å²) in [6.07, 6.45) is 0. The summed E-state index contributed by atoms with van der Waals surface area (Å²) in [4.78, 5) is 12.2. The van der Waals surface area contributed by atoms with Crippen LogP contribution in [-0.4, -0.2) is 15.0 Å². The van der Waals surface area contributed by atoms with Gasteiger partial charge in [0, 0.05) is 5.56 Å². The van der Waals surface area contributed by atoms with Crippen LogP contribution < -0.4 is 0 Å². The van der Waals surface area contributed by atoms with Gasteiger partial charge < -0.3 is 9.40 Å². The molecule has 114 valence electrons. The molecule has 4 aromatic rings. The predicted octanol–water partition coefficient (Wildman–Crippen LogP) is 4.81. The second-order valence-corrected chi connectivity index (χ2v) is 5.79. The molecule has 0 spiro atoms. The standard InChI is InChI=1S/C19H17N3O/c1-11-12(2)23-19(20-11)15-6-4-14(5-7-15)16-8-9-17-18(10-16)22-13(3)21-17/h4-10H,1-3H3,(H,21,22). The van der Waals surface area contributed by atoms with Gasteiger partial charge in [0.2, 0.25) is 5.89 Å². The van der Waals surface area contributed by atoms with Gasteiger partial charge in [-0.3, -0.25) is 0 Å². The molecule has 0 amide bonds. The van der Waals surface area contributed by atoms with E-state index in [1.54, 1.807) is 0 Å². The minimum absolute atomic E-state index is 0.672. The average Bonchev–Trinajstić information content (AvgIpc) is 3.08. The zero-order chi connectivity index (χ0) is 16.0. The van der Waals surface area contributed by atoms with Crippen molar-refractivity contribution in [1.29, 1.82) is 0 Å². The zero-order valence-corrected chi connectivity index (χ0v) is 13.3. The minimum atomic E-state index is 0.672. The van der Waals surface area contributed by atoms with Crippen molar-refractivity contribution in [2.75, 3.05) is 0 Å². The Bertz CT molecular complexity index is 974. The van der Waals surface area contributed by atoms with Gasteiger partial charge in [-0.15, -0.1) is 0 Å². The van der Waals surface area contributed by atoms with Crippen molar-refractivity contribution in [3.63, 3.8) is 0 Å². The summed E-state index contributed by atoms with van der Waals surface area (Å²) in [5, 5.41) is 0. The summed E-state index contributed by atoms with van der Waals surface area (Å²) >= 11 is 0. The number of aromatic amines is 1. The van der Waals surface area contributed by atoms with Crippen LogP contribution in [0.15, 0.2) is 46.9 Å². The van der Waals surface area contributed by atoms with Crippen molar-refractivity contribution in [1.82, 2.24) is 15.0 Å². The molecule has 0 aliphatic heterocycles. The third kappa shape index (κ3) is 2.42. The molecule has 0 aliphatic rings. The van der Waals surface area contributed by atoms with Gasteiger partial charge in [0.25, 0.3) is 0 Å². The lowest BCUT2D eigenvalue weighted by atomic mass is 10.0. The number of nitrogens with one attached hydrogen (secondary N) is 1. The quantitative estimate of drug-likeness (QED) is 0.578. The van der Waals surface area contributed by atoms with Crippen LogP contribution in [0.3, 0.4) is 0 Å². The summed E-state index contributed by atoms with van der Waals surface area (Å²) < 4.78 is 5.68. The molecular formula is C19H17N3O. The summed E-state index contributed by atoms with van der Waals surface area (Å²) in [6, 6.07) is 14.5. The molecule has 0 atom stereocenters. The molecule has 23 heavy (non-hydrogen) atoms. The van der Waals surface area contributed by atoms with E-state index in [1.165, 1.54) is 0 Å². The number of rotatable bonds is 2. The highest BCUT2D eigenvalue weighted by Crippen LogP contribution is 2.27. The van der Waals surface area contributed by atoms with Gasteiger partial charge in [-0.1, -0.05) is 18.2 Å². The SMILES string of the molecule is Cc1nc2ccc(-c3ccc(-c4nc(C)c(C)o4)cc3)cc2[nH]1. The van der Waals surface area contributed by atoms with Gasteiger partial charge in [-0.05, 0) is 56.2 Å². The van der Waals surface area contributed by atoms with Crippen LogP contribution in [0.2, 0.25) is 0 Å². The fourth-order valence-corrected chi connectivity index (χ4v) is 2.72. The van der Waals surface area contributed by atoms with E-state index < -0.39 is 0 Å². The van der Waals surface area contributed by atoms with Crippen molar-refractivity contribution in [2.24, 2.45) is 0 Å².